The van der Waals surface area contributed by atoms with Gasteiger partial charge in [0.1, 0.15) is 18.3 Å². The van der Waals surface area contributed by atoms with Crippen molar-refractivity contribution < 1.29 is 35.1 Å². The van der Waals surface area contributed by atoms with Crippen molar-refractivity contribution in [2.24, 2.45) is 0 Å². The Kier molecular flexibility index (Phi) is 5.23. The van der Waals surface area contributed by atoms with Gasteiger partial charge in [0.2, 0.25) is 0 Å². The molecular formula is C6H12MgO7. The summed E-state index contributed by atoms with van der Waals surface area (Å²) in [6, 6.07) is 0. The lowest BCUT2D eigenvalue weighted by atomic mass is 9.99. The van der Waals surface area contributed by atoms with Crippen molar-refractivity contribution in [3.8, 4) is 0 Å². The molecule has 0 aromatic heterocycles. The maximum absolute atomic E-state index is 10.4. The quantitative estimate of drug-likeness (QED) is 0.285. The molecule has 1 saturated heterocycles. The minimum Gasteiger partial charge on any atom is -0.479 e. The number of hydrogen-bond donors (Lipinski definition) is 5. The zero-order chi connectivity index (χ0) is 10.2. The predicted octanol–water partition coefficient (Wildman–Crippen LogP) is -4.05. The Hall–Kier alpha value is 0.0362. The standard InChI is InChI=1S/C6H10O7.Mg.2H/c7-1-2(8)4(5(10)11)13-6(12)3(1)9;;;/h1-4,6-9,12H,(H,10,11);;;/t1-,2-,3+,4-,6+;;;/m0.../s1. The van der Waals surface area contributed by atoms with E-state index in [2.05, 4.69) is 4.74 Å². The third-order valence-corrected chi connectivity index (χ3v) is 1.83. The van der Waals surface area contributed by atoms with Gasteiger partial charge in [-0.1, -0.05) is 0 Å². The molecule has 80 valence electrons. The lowest BCUT2D eigenvalue weighted by Crippen LogP contribution is -2.59. The summed E-state index contributed by atoms with van der Waals surface area (Å²) < 4.78 is 4.34. The highest BCUT2D eigenvalue weighted by molar-refractivity contribution is 5.75. The Balaban J connectivity index is 0.00000169. The van der Waals surface area contributed by atoms with Crippen molar-refractivity contribution in [3.05, 3.63) is 0 Å². The van der Waals surface area contributed by atoms with Crippen LogP contribution in [0.25, 0.3) is 0 Å². The summed E-state index contributed by atoms with van der Waals surface area (Å²) in [4.78, 5) is 10.4. The van der Waals surface area contributed by atoms with Crippen LogP contribution in [0.15, 0.2) is 0 Å². The second-order valence-corrected chi connectivity index (χ2v) is 2.76. The molecule has 1 rings (SSSR count). The van der Waals surface area contributed by atoms with Crippen LogP contribution in [0, 0.1) is 0 Å². The van der Waals surface area contributed by atoms with E-state index in [-0.39, 0.29) is 23.1 Å². The molecule has 0 aromatic carbocycles. The van der Waals surface area contributed by atoms with Crippen molar-refractivity contribution in [2.45, 2.75) is 30.7 Å². The molecule has 0 unspecified atom stereocenters. The molecule has 0 bridgehead atoms. The number of aliphatic carboxylic acids is 1. The van der Waals surface area contributed by atoms with Crippen LogP contribution < -0.4 is 0 Å². The maximum Gasteiger partial charge on any atom is 0.335 e. The van der Waals surface area contributed by atoms with Crippen LogP contribution in [-0.2, 0) is 9.53 Å². The molecule has 1 heterocycles. The van der Waals surface area contributed by atoms with Crippen LogP contribution in [-0.4, -0.2) is 85.3 Å². The second kappa shape index (κ2) is 5.21. The van der Waals surface area contributed by atoms with Crippen molar-refractivity contribution in [1.82, 2.24) is 0 Å². The fourth-order valence-corrected chi connectivity index (χ4v) is 1.07. The van der Waals surface area contributed by atoms with E-state index in [0.717, 1.165) is 0 Å². The average Bonchev–Trinajstić information content (AvgIpc) is 2.07. The molecule has 14 heavy (non-hydrogen) atoms. The van der Waals surface area contributed by atoms with Gasteiger partial charge in [0, 0.05) is 0 Å². The molecule has 5 N–H and O–H groups in total. The van der Waals surface area contributed by atoms with Gasteiger partial charge in [0.25, 0.3) is 0 Å². The molecule has 0 radical (unpaired) electrons. The van der Waals surface area contributed by atoms with Gasteiger partial charge in [-0.3, -0.25) is 0 Å². The number of ether oxygens (including phenoxy) is 1. The molecule has 0 saturated carbocycles. The van der Waals surface area contributed by atoms with Crippen molar-refractivity contribution in [1.29, 1.82) is 0 Å². The first-order valence-electron chi connectivity index (χ1n) is 3.55. The first-order valence-corrected chi connectivity index (χ1v) is 3.55. The molecule has 5 atom stereocenters. The van der Waals surface area contributed by atoms with Gasteiger partial charge in [-0.25, -0.2) is 4.79 Å². The van der Waals surface area contributed by atoms with Crippen LogP contribution in [0.1, 0.15) is 0 Å². The van der Waals surface area contributed by atoms with Gasteiger partial charge < -0.3 is 30.3 Å². The number of aliphatic hydroxyl groups is 4. The lowest BCUT2D eigenvalue weighted by Gasteiger charge is -2.36. The number of rotatable bonds is 1. The first-order chi connectivity index (χ1) is 5.95. The third-order valence-electron chi connectivity index (χ3n) is 1.83. The fourth-order valence-electron chi connectivity index (χ4n) is 1.07. The fraction of sp³-hybridized carbons (Fsp3) is 0.833. The number of carboxylic acids is 1. The molecule has 0 amide bonds. The van der Waals surface area contributed by atoms with E-state index in [9.17, 15) is 4.79 Å². The lowest BCUT2D eigenvalue weighted by molar-refractivity contribution is -0.279. The number of carboxylic acid groups (broad SMARTS) is 1. The zero-order valence-corrected chi connectivity index (χ0v) is 6.44. The summed E-state index contributed by atoms with van der Waals surface area (Å²) in [5.41, 5.74) is 0. The predicted molar refractivity (Wildman–Crippen MR) is 45.1 cm³/mol. The van der Waals surface area contributed by atoms with Crippen LogP contribution >= 0.6 is 0 Å². The van der Waals surface area contributed by atoms with Crippen molar-refractivity contribution in [3.63, 3.8) is 0 Å². The van der Waals surface area contributed by atoms with Gasteiger partial charge in [-0.15, -0.1) is 0 Å². The first kappa shape index (κ1) is 14.0. The van der Waals surface area contributed by atoms with E-state index in [4.69, 9.17) is 25.5 Å². The summed E-state index contributed by atoms with van der Waals surface area (Å²) in [5, 5.41) is 44.4. The van der Waals surface area contributed by atoms with Crippen LogP contribution in [0.4, 0.5) is 0 Å². The molecule has 0 aromatic rings. The second-order valence-electron chi connectivity index (χ2n) is 2.76. The molecule has 7 nitrogen and oxygen atoms in total. The van der Waals surface area contributed by atoms with E-state index < -0.39 is 36.7 Å². The summed E-state index contributed by atoms with van der Waals surface area (Å²) in [6.45, 7) is 0. The molecule has 0 spiro atoms. The molecular weight excluding hydrogens is 208 g/mol. The van der Waals surface area contributed by atoms with Crippen LogP contribution in [0.5, 0.6) is 0 Å². The SMILES string of the molecule is O=C(O)[C@H]1O[C@@H](O)[C@H](O)[C@@H](O)[C@@H]1O.[MgH2]. The number of aliphatic hydroxyl groups excluding tert-OH is 4. The summed E-state index contributed by atoms with van der Waals surface area (Å²) in [6.07, 6.45) is -8.72. The van der Waals surface area contributed by atoms with Crippen LogP contribution in [0.3, 0.4) is 0 Å². The molecule has 8 heteroatoms. The van der Waals surface area contributed by atoms with E-state index in [1.165, 1.54) is 0 Å². The third kappa shape index (κ3) is 2.54. The van der Waals surface area contributed by atoms with Crippen LogP contribution in [0.2, 0.25) is 0 Å². The normalized spacial score (nSPS) is 42.7. The highest BCUT2D eigenvalue weighted by atomic mass is 24.3. The van der Waals surface area contributed by atoms with E-state index in [1.54, 1.807) is 0 Å². The summed E-state index contributed by atoms with van der Waals surface area (Å²) in [5.74, 6) is -1.52. The molecule has 0 aliphatic carbocycles. The monoisotopic (exact) mass is 220 g/mol. The van der Waals surface area contributed by atoms with Crippen molar-refractivity contribution in [2.75, 3.05) is 0 Å². The average molecular weight is 220 g/mol. The molecule has 1 aliphatic rings. The van der Waals surface area contributed by atoms with E-state index in [0.29, 0.717) is 0 Å². The van der Waals surface area contributed by atoms with E-state index >= 15 is 0 Å². The maximum atomic E-state index is 10.4. The van der Waals surface area contributed by atoms with Gasteiger partial charge in [0.05, 0.1) is 0 Å². The highest BCUT2D eigenvalue weighted by Crippen LogP contribution is 2.19. The number of carbonyl (C=O) groups is 1. The Morgan fingerprint density at radius 3 is 1.93 bits per heavy atom. The highest BCUT2D eigenvalue weighted by Gasteiger charge is 2.46. The molecule has 1 fully saturated rings. The van der Waals surface area contributed by atoms with E-state index in [1.807, 2.05) is 0 Å². The minimum atomic E-state index is -1.81. The Morgan fingerprint density at radius 1 is 1.00 bits per heavy atom. The Morgan fingerprint density at radius 2 is 1.50 bits per heavy atom. The smallest absolute Gasteiger partial charge is 0.335 e. The minimum absolute atomic E-state index is 0. The molecule has 1 aliphatic heterocycles. The largest absolute Gasteiger partial charge is 0.479 e. The Labute approximate surface area is 95.1 Å². The summed E-state index contributed by atoms with van der Waals surface area (Å²) >= 11 is 0. The summed E-state index contributed by atoms with van der Waals surface area (Å²) in [7, 11) is 0. The zero-order valence-electron chi connectivity index (χ0n) is 6.44. The topological polar surface area (TPSA) is 127 Å². The van der Waals surface area contributed by atoms with Crippen molar-refractivity contribution >= 4 is 29.0 Å². The van der Waals surface area contributed by atoms with Gasteiger partial charge in [-0.05, 0) is 0 Å². The van der Waals surface area contributed by atoms with Gasteiger partial charge in [-0.2, -0.15) is 0 Å². The Bertz CT molecular complexity index is 210. The number of hydrogen-bond acceptors (Lipinski definition) is 6. The van der Waals surface area contributed by atoms with Gasteiger partial charge >= 0.3 is 29.0 Å². The van der Waals surface area contributed by atoms with Gasteiger partial charge in [0.15, 0.2) is 12.4 Å².